The fourth-order valence-corrected chi connectivity index (χ4v) is 3.77. The van der Waals surface area contributed by atoms with Crippen LogP contribution in [0.3, 0.4) is 0 Å². The van der Waals surface area contributed by atoms with E-state index >= 15 is 0 Å². The second-order valence-electron chi connectivity index (χ2n) is 6.92. The molecule has 0 atom stereocenters. The fourth-order valence-electron chi connectivity index (χ4n) is 3.77. The summed E-state index contributed by atoms with van der Waals surface area (Å²) in [4.78, 5) is 12.0. The minimum absolute atomic E-state index is 0.0296. The summed E-state index contributed by atoms with van der Waals surface area (Å²) in [6, 6.07) is 15.5. The Morgan fingerprint density at radius 1 is 1.07 bits per heavy atom. The van der Waals surface area contributed by atoms with Crippen molar-refractivity contribution in [1.29, 1.82) is 0 Å². The van der Waals surface area contributed by atoms with E-state index in [-0.39, 0.29) is 12.4 Å². The number of halogens is 1. The molecule has 6 heteroatoms. The zero-order valence-electron chi connectivity index (χ0n) is 16.7. The van der Waals surface area contributed by atoms with E-state index in [0.29, 0.717) is 17.9 Å². The number of aromatic nitrogens is 1. The SMILES string of the molecule is COC(=O)c1cccc(-c2cc3c(cc2OC)c[n+](CCO)c2ccc(F)cc32)c1. The van der Waals surface area contributed by atoms with Crippen molar-refractivity contribution in [2.45, 2.75) is 6.54 Å². The van der Waals surface area contributed by atoms with Crippen LogP contribution in [-0.2, 0) is 11.3 Å². The number of benzene rings is 3. The number of ether oxygens (including phenoxy) is 2. The minimum atomic E-state index is -0.422. The molecule has 5 nitrogen and oxygen atoms in total. The van der Waals surface area contributed by atoms with Crippen LogP contribution in [0.5, 0.6) is 5.75 Å². The molecule has 0 aliphatic rings. The van der Waals surface area contributed by atoms with Gasteiger partial charge in [-0.3, -0.25) is 0 Å². The van der Waals surface area contributed by atoms with Crippen molar-refractivity contribution in [2.75, 3.05) is 20.8 Å². The maximum atomic E-state index is 14.1. The number of methoxy groups -OCH3 is 2. The molecule has 3 aromatic carbocycles. The smallest absolute Gasteiger partial charge is 0.337 e. The van der Waals surface area contributed by atoms with E-state index in [1.165, 1.54) is 19.2 Å². The van der Waals surface area contributed by atoms with Crippen molar-refractivity contribution in [3.05, 3.63) is 72.2 Å². The predicted molar refractivity (Wildman–Crippen MR) is 112 cm³/mol. The van der Waals surface area contributed by atoms with Crippen LogP contribution < -0.4 is 9.30 Å². The van der Waals surface area contributed by atoms with Crippen molar-refractivity contribution in [3.8, 4) is 16.9 Å². The first kappa shape index (κ1) is 19.8. The van der Waals surface area contributed by atoms with Crippen molar-refractivity contribution < 1.29 is 28.3 Å². The number of aliphatic hydroxyl groups is 1. The van der Waals surface area contributed by atoms with Gasteiger partial charge >= 0.3 is 5.97 Å². The molecule has 0 radical (unpaired) electrons. The molecule has 0 bridgehead atoms. The number of aliphatic hydroxyl groups excluding tert-OH is 1. The first-order valence-electron chi connectivity index (χ1n) is 9.48. The van der Waals surface area contributed by atoms with E-state index in [4.69, 9.17) is 9.47 Å². The molecule has 0 saturated carbocycles. The number of hydrogen-bond acceptors (Lipinski definition) is 4. The van der Waals surface area contributed by atoms with E-state index in [9.17, 15) is 14.3 Å². The average molecular weight is 406 g/mol. The Hall–Kier alpha value is -3.51. The number of carbonyl (C=O) groups is 1. The molecular weight excluding hydrogens is 385 g/mol. The molecule has 1 N–H and O–H groups in total. The number of carbonyl (C=O) groups excluding carboxylic acids is 1. The van der Waals surface area contributed by atoms with Gasteiger partial charge in [0.05, 0.1) is 30.6 Å². The van der Waals surface area contributed by atoms with Crippen LogP contribution in [0.2, 0.25) is 0 Å². The number of hydrogen-bond donors (Lipinski definition) is 1. The molecule has 0 aliphatic heterocycles. The minimum Gasteiger partial charge on any atom is -0.496 e. The number of fused-ring (bicyclic) bond motifs is 3. The van der Waals surface area contributed by atoms with Crippen LogP contribution in [0, 0.1) is 5.82 Å². The van der Waals surface area contributed by atoms with E-state index in [1.807, 2.05) is 29.0 Å². The zero-order valence-corrected chi connectivity index (χ0v) is 16.7. The molecule has 1 heterocycles. The highest BCUT2D eigenvalue weighted by atomic mass is 19.1. The van der Waals surface area contributed by atoms with Gasteiger partial charge in [0.25, 0.3) is 0 Å². The monoisotopic (exact) mass is 406 g/mol. The summed E-state index contributed by atoms with van der Waals surface area (Å²) in [7, 11) is 2.92. The van der Waals surface area contributed by atoms with Crippen LogP contribution >= 0.6 is 0 Å². The second-order valence-corrected chi connectivity index (χ2v) is 6.92. The standard InChI is InChI=1S/C24H21FNO4/c1-29-23-11-17-14-26(8-9-27)22-7-6-18(25)12-21(22)19(17)13-20(23)15-4-3-5-16(10-15)24(28)30-2/h3-7,10-14,27H,8-9H2,1-2H3/q+1. The van der Waals surface area contributed by atoms with Crippen molar-refractivity contribution >= 4 is 27.6 Å². The Labute approximate surface area is 172 Å². The third kappa shape index (κ3) is 3.46. The Morgan fingerprint density at radius 3 is 2.63 bits per heavy atom. The van der Waals surface area contributed by atoms with Crippen molar-refractivity contribution in [1.82, 2.24) is 0 Å². The molecule has 1 aromatic heterocycles. The summed E-state index contributed by atoms with van der Waals surface area (Å²) >= 11 is 0. The van der Waals surface area contributed by atoms with Gasteiger partial charge in [-0.15, -0.1) is 0 Å². The quantitative estimate of drug-likeness (QED) is 0.311. The van der Waals surface area contributed by atoms with Crippen molar-refractivity contribution in [2.24, 2.45) is 0 Å². The molecule has 0 saturated heterocycles. The van der Waals surface area contributed by atoms with Gasteiger partial charge < -0.3 is 14.6 Å². The molecule has 0 unspecified atom stereocenters. The average Bonchev–Trinajstić information content (AvgIpc) is 2.78. The van der Waals surface area contributed by atoms with Crippen molar-refractivity contribution in [3.63, 3.8) is 0 Å². The maximum Gasteiger partial charge on any atom is 0.337 e. The van der Waals surface area contributed by atoms with Crippen LogP contribution in [0.25, 0.3) is 32.8 Å². The van der Waals surface area contributed by atoms with Crippen LogP contribution in [0.4, 0.5) is 4.39 Å². The highest BCUT2D eigenvalue weighted by molar-refractivity contribution is 6.06. The number of nitrogens with zero attached hydrogens (tertiary/aromatic N) is 1. The van der Waals surface area contributed by atoms with Crippen LogP contribution in [0.1, 0.15) is 10.4 Å². The summed E-state index contributed by atoms with van der Waals surface area (Å²) in [6.45, 7) is 0.363. The Kier molecular flexibility index (Phi) is 5.33. The highest BCUT2D eigenvalue weighted by Crippen LogP contribution is 2.36. The van der Waals surface area contributed by atoms with E-state index < -0.39 is 5.97 Å². The van der Waals surface area contributed by atoms with Gasteiger partial charge in [0, 0.05) is 17.0 Å². The molecule has 0 aliphatic carbocycles. The van der Waals surface area contributed by atoms with Crippen LogP contribution in [-0.4, -0.2) is 31.9 Å². The van der Waals surface area contributed by atoms with Gasteiger partial charge in [-0.05, 0) is 42.0 Å². The first-order chi connectivity index (χ1) is 14.5. The topological polar surface area (TPSA) is 59.6 Å². The first-order valence-corrected chi connectivity index (χ1v) is 9.48. The Morgan fingerprint density at radius 2 is 1.90 bits per heavy atom. The van der Waals surface area contributed by atoms with E-state index in [0.717, 1.165) is 32.8 Å². The number of pyridine rings is 1. The fraction of sp³-hybridized carbons (Fsp3) is 0.167. The molecule has 30 heavy (non-hydrogen) atoms. The number of esters is 1. The summed E-state index contributed by atoms with van der Waals surface area (Å²) in [5, 5.41) is 11.9. The predicted octanol–water partition coefficient (Wildman–Crippen LogP) is 3.87. The molecule has 0 fully saturated rings. The molecule has 4 rings (SSSR count). The highest BCUT2D eigenvalue weighted by Gasteiger charge is 2.18. The second kappa shape index (κ2) is 8.08. The normalized spacial score (nSPS) is 11.1. The maximum absolute atomic E-state index is 14.1. The lowest BCUT2D eigenvalue weighted by Gasteiger charge is -2.13. The van der Waals surface area contributed by atoms with Gasteiger partial charge in [0.15, 0.2) is 12.7 Å². The lowest BCUT2D eigenvalue weighted by molar-refractivity contribution is -0.671. The summed E-state index contributed by atoms with van der Waals surface area (Å²) in [5.74, 6) is -0.138. The van der Waals surface area contributed by atoms with E-state index in [2.05, 4.69) is 0 Å². The van der Waals surface area contributed by atoms with E-state index in [1.54, 1.807) is 31.4 Å². The zero-order chi connectivity index (χ0) is 21.3. The van der Waals surface area contributed by atoms with Gasteiger partial charge in [0.1, 0.15) is 18.2 Å². The summed E-state index contributed by atoms with van der Waals surface area (Å²) < 4.78 is 26.4. The van der Waals surface area contributed by atoms with Gasteiger partial charge in [-0.25, -0.2) is 9.18 Å². The third-order valence-electron chi connectivity index (χ3n) is 5.16. The van der Waals surface area contributed by atoms with Gasteiger partial charge in [-0.1, -0.05) is 12.1 Å². The summed E-state index contributed by atoms with van der Waals surface area (Å²) in [6.07, 6.45) is 1.92. The molecule has 152 valence electrons. The van der Waals surface area contributed by atoms with Gasteiger partial charge in [-0.2, -0.15) is 4.57 Å². The lowest BCUT2D eigenvalue weighted by atomic mass is 9.97. The molecular formula is C24H21FNO4+. The lowest BCUT2D eigenvalue weighted by Crippen LogP contribution is -2.36. The molecule has 4 aromatic rings. The molecule has 0 spiro atoms. The van der Waals surface area contributed by atoms with Crippen LogP contribution in [0.15, 0.2) is 60.8 Å². The largest absolute Gasteiger partial charge is 0.496 e. The summed E-state index contributed by atoms with van der Waals surface area (Å²) in [5.41, 5.74) is 2.81. The Bertz CT molecular complexity index is 1270. The molecule has 0 amide bonds. The van der Waals surface area contributed by atoms with Gasteiger partial charge in [0.2, 0.25) is 5.52 Å². The Balaban J connectivity index is 2.02. The third-order valence-corrected chi connectivity index (χ3v) is 5.16. The number of rotatable bonds is 5.